The maximum atomic E-state index is 12.4. The zero-order chi connectivity index (χ0) is 13.3. The number of nitrogens with zero attached hydrogens (tertiary/aromatic N) is 1. The lowest BCUT2D eigenvalue weighted by molar-refractivity contribution is -0.0285. The van der Waals surface area contributed by atoms with Crippen LogP contribution < -0.4 is 4.74 Å². The normalized spacial score (nSPS) is 17.1. The lowest BCUT2D eigenvalue weighted by Crippen LogP contribution is -2.28. The van der Waals surface area contributed by atoms with E-state index >= 15 is 0 Å². The molecular formula is C12H17NO4S. The molecule has 1 fully saturated rings. The van der Waals surface area contributed by atoms with Crippen LogP contribution in [0.15, 0.2) is 17.0 Å². The van der Waals surface area contributed by atoms with Gasteiger partial charge in [-0.05, 0) is 43.5 Å². The molecule has 0 bridgehead atoms. The standard InChI is InChI=1S/C12H17NO4S/c1-9-7-11(16-3)8-10(2)12(9)18(14,15)13-5-4-6-17-13/h7-8H,4-6H2,1-3H3. The maximum absolute atomic E-state index is 12.4. The third-order valence-electron chi connectivity index (χ3n) is 2.92. The number of rotatable bonds is 3. The zero-order valence-electron chi connectivity index (χ0n) is 10.8. The van der Waals surface area contributed by atoms with Crippen LogP contribution in [0.4, 0.5) is 0 Å². The fourth-order valence-electron chi connectivity index (χ4n) is 2.15. The van der Waals surface area contributed by atoms with Crippen molar-refractivity contribution in [1.82, 2.24) is 4.47 Å². The highest BCUT2D eigenvalue weighted by atomic mass is 32.2. The molecule has 0 aliphatic carbocycles. The Balaban J connectivity index is 2.50. The molecule has 1 aromatic rings. The van der Waals surface area contributed by atoms with Crippen LogP contribution in [-0.4, -0.2) is 33.1 Å². The van der Waals surface area contributed by atoms with Crippen LogP contribution in [-0.2, 0) is 14.9 Å². The first-order chi connectivity index (χ1) is 8.46. The summed E-state index contributed by atoms with van der Waals surface area (Å²) in [5.41, 5.74) is 1.34. The van der Waals surface area contributed by atoms with Gasteiger partial charge in [0.2, 0.25) is 0 Å². The molecule has 6 heteroatoms. The third kappa shape index (κ3) is 2.23. The number of hydrogen-bond acceptors (Lipinski definition) is 4. The minimum absolute atomic E-state index is 0.310. The second-order valence-electron chi connectivity index (χ2n) is 4.31. The van der Waals surface area contributed by atoms with E-state index in [4.69, 9.17) is 9.57 Å². The van der Waals surface area contributed by atoms with Crippen molar-refractivity contribution < 1.29 is 18.0 Å². The fraction of sp³-hybridized carbons (Fsp3) is 0.500. The van der Waals surface area contributed by atoms with Crippen molar-refractivity contribution in [2.45, 2.75) is 25.2 Å². The molecule has 0 unspecified atom stereocenters. The van der Waals surface area contributed by atoms with Crippen LogP contribution in [0, 0.1) is 13.8 Å². The molecule has 1 aromatic carbocycles. The molecule has 1 aliphatic rings. The number of aryl methyl sites for hydroxylation is 2. The highest BCUT2D eigenvalue weighted by Gasteiger charge is 2.31. The van der Waals surface area contributed by atoms with Gasteiger partial charge < -0.3 is 4.74 Å². The van der Waals surface area contributed by atoms with Crippen molar-refractivity contribution in [3.8, 4) is 5.75 Å². The summed E-state index contributed by atoms with van der Waals surface area (Å²) in [6.45, 7) is 4.39. The molecule has 0 atom stereocenters. The molecule has 0 spiro atoms. The molecule has 0 amide bonds. The van der Waals surface area contributed by atoms with E-state index in [0.717, 1.165) is 10.9 Å². The van der Waals surface area contributed by atoms with E-state index < -0.39 is 10.0 Å². The molecule has 1 saturated heterocycles. The fourth-order valence-corrected chi connectivity index (χ4v) is 3.87. The van der Waals surface area contributed by atoms with Crippen LogP contribution >= 0.6 is 0 Å². The van der Waals surface area contributed by atoms with Crippen molar-refractivity contribution in [3.05, 3.63) is 23.3 Å². The monoisotopic (exact) mass is 271 g/mol. The van der Waals surface area contributed by atoms with Gasteiger partial charge in [-0.1, -0.05) is 4.47 Å². The molecule has 100 valence electrons. The summed E-state index contributed by atoms with van der Waals surface area (Å²) in [6, 6.07) is 3.44. The van der Waals surface area contributed by atoms with Gasteiger partial charge in [0.1, 0.15) is 5.75 Å². The van der Waals surface area contributed by atoms with Crippen LogP contribution in [0.2, 0.25) is 0 Å². The second kappa shape index (κ2) is 4.87. The van der Waals surface area contributed by atoms with E-state index in [1.54, 1.807) is 33.1 Å². The van der Waals surface area contributed by atoms with E-state index in [1.165, 1.54) is 0 Å². The number of hydroxylamine groups is 1. The van der Waals surface area contributed by atoms with Gasteiger partial charge in [0.25, 0.3) is 10.0 Å². The molecule has 0 aromatic heterocycles. The first-order valence-corrected chi connectivity index (χ1v) is 7.21. The van der Waals surface area contributed by atoms with Gasteiger partial charge >= 0.3 is 0 Å². The zero-order valence-corrected chi connectivity index (χ0v) is 11.6. The number of benzene rings is 1. The Morgan fingerprint density at radius 3 is 2.33 bits per heavy atom. The maximum Gasteiger partial charge on any atom is 0.265 e. The average molecular weight is 271 g/mol. The lowest BCUT2D eigenvalue weighted by Gasteiger charge is -2.18. The smallest absolute Gasteiger partial charge is 0.265 e. The Bertz CT molecular complexity index is 524. The summed E-state index contributed by atoms with van der Waals surface area (Å²) in [4.78, 5) is 5.46. The topological polar surface area (TPSA) is 55.8 Å². The number of sulfonamides is 1. The Kier molecular flexibility index (Phi) is 3.61. The summed E-state index contributed by atoms with van der Waals surface area (Å²) in [5.74, 6) is 0.659. The number of ether oxygens (including phenoxy) is 1. The van der Waals surface area contributed by atoms with Crippen LogP contribution in [0.25, 0.3) is 0 Å². The largest absolute Gasteiger partial charge is 0.497 e. The predicted molar refractivity (Wildman–Crippen MR) is 66.9 cm³/mol. The van der Waals surface area contributed by atoms with Gasteiger partial charge in [0.15, 0.2) is 0 Å². The van der Waals surface area contributed by atoms with Gasteiger partial charge in [0.05, 0.1) is 18.6 Å². The van der Waals surface area contributed by atoms with E-state index in [1.807, 2.05) is 0 Å². The summed E-state index contributed by atoms with van der Waals surface area (Å²) in [6.07, 6.45) is 0.730. The molecule has 0 radical (unpaired) electrons. The first kappa shape index (κ1) is 13.3. The molecule has 5 nitrogen and oxygen atoms in total. The summed E-state index contributed by atoms with van der Waals surface area (Å²) >= 11 is 0. The molecule has 0 N–H and O–H groups in total. The number of hydrogen-bond donors (Lipinski definition) is 0. The summed E-state index contributed by atoms with van der Waals surface area (Å²) in [7, 11) is -2.01. The minimum atomic E-state index is -3.57. The van der Waals surface area contributed by atoms with Gasteiger partial charge in [-0.25, -0.2) is 8.42 Å². The van der Waals surface area contributed by atoms with E-state index in [9.17, 15) is 8.42 Å². The van der Waals surface area contributed by atoms with Gasteiger partial charge in [-0.15, -0.1) is 0 Å². The van der Waals surface area contributed by atoms with Crippen LogP contribution in [0.1, 0.15) is 17.5 Å². The second-order valence-corrected chi connectivity index (χ2v) is 6.07. The molecule has 1 heterocycles. The van der Waals surface area contributed by atoms with Crippen molar-refractivity contribution in [3.63, 3.8) is 0 Å². The number of methoxy groups -OCH3 is 1. The van der Waals surface area contributed by atoms with Crippen LogP contribution in [0.3, 0.4) is 0 Å². The van der Waals surface area contributed by atoms with Crippen molar-refractivity contribution in [1.29, 1.82) is 0 Å². The lowest BCUT2D eigenvalue weighted by atomic mass is 10.1. The van der Waals surface area contributed by atoms with E-state index in [-0.39, 0.29) is 0 Å². The van der Waals surface area contributed by atoms with Gasteiger partial charge in [-0.3, -0.25) is 4.84 Å². The molecule has 2 rings (SSSR count). The molecular weight excluding hydrogens is 254 g/mol. The van der Waals surface area contributed by atoms with Crippen LogP contribution in [0.5, 0.6) is 5.75 Å². The van der Waals surface area contributed by atoms with Crippen molar-refractivity contribution in [2.24, 2.45) is 0 Å². The Morgan fingerprint density at radius 1 is 1.28 bits per heavy atom. The highest BCUT2D eigenvalue weighted by molar-refractivity contribution is 7.89. The van der Waals surface area contributed by atoms with Crippen molar-refractivity contribution >= 4 is 10.0 Å². The summed E-state index contributed by atoms with van der Waals surface area (Å²) < 4.78 is 31.1. The molecule has 1 aliphatic heterocycles. The summed E-state index contributed by atoms with van der Waals surface area (Å²) in [5, 5.41) is 0. The Labute approximate surface area is 107 Å². The Morgan fingerprint density at radius 2 is 1.89 bits per heavy atom. The SMILES string of the molecule is COc1cc(C)c(S(=O)(=O)N2CCCO2)c(C)c1. The first-order valence-electron chi connectivity index (χ1n) is 5.77. The average Bonchev–Trinajstić information content (AvgIpc) is 2.81. The quantitative estimate of drug-likeness (QED) is 0.838. The molecule has 18 heavy (non-hydrogen) atoms. The third-order valence-corrected chi connectivity index (χ3v) is 4.90. The molecule has 0 saturated carbocycles. The van der Waals surface area contributed by atoms with Crippen molar-refractivity contribution in [2.75, 3.05) is 20.3 Å². The predicted octanol–water partition coefficient (Wildman–Crippen LogP) is 1.64. The van der Waals surface area contributed by atoms with E-state index in [0.29, 0.717) is 34.9 Å². The Hall–Kier alpha value is -1.11. The van der Waals surface area contributed by atoms with Gasteiger partial charge in [-0.2, -0.15) is 0 Å². The minimum Gasteiger partial charge on any atom is -0.497 e. The highest BCUT2D eigenvalue weighted by Crippen LogP contribution is 2.29. The van der Waals surface area contributed by atoms with E-state index in [2.05, 4.69) is 0 Å². The van der Waals surface area contributed by atoms with Gasteiger partial charge in [0, 0.05) is 6.54 Å².